The van der Waals surface area contributed by atoms with Gasteiger partial charge in [-0.3, -0.25) is 5.10 Å². The molecule has 17 heavy (non-hydrogen) atoms. The van der Waals surface area contributed by atoms with Gasteiger partial charge < -0.3 is 10.1 Å². The molecule has 2 aromatic rings. The van der Waals surface area contributed by atoms with Gasteiger partial charge in [-0.1, -0.05) is 6.07 Å². The Balaban J connectivity index is 1.96. The van der Waals surface area contributed by atoms with Gasteiger partial charge in [0.2, 0.25) is 0 Å². The van der Waals surface area contributed by atoms with Crippen LogP contribution in [0.5, 0.6) is 5.75 Å². The number of nitrogens with zero attached hydrogens (tertiary/aromatic N) is 1. The summed E-state index contributed by atoms with van der Waals surface area (Å²) in [5.74, 6) is 1.88. The summed E-state index contributed by atoms with van der Waals surface area (Å²) in [6.07, 6.45) is 0.959. The highest BCUT2D eigenvalue weighted by Crippen LogP contribution is 2.33. The van der Waals surface area contributed by atoms with Crippen LogP contribution in [-0.2, 0) is 6.42 Å². The lowest BCUT2D eigenvalue weighted by Crippen LogP contribution is -1.96. The third-order valence-electron chi connectivity index (χ3n) is 3.25. The summed E-state index contributed by atoms with van der Waals surface area (Å²) in [5.41, 5.74) is 4.58. The Kier molecular flexibility index (Phi) is 2.28. The molecule has 0 saturated carbocycles. The molecule has 88 valence electrons. The average molecular weight is 229 g/mol. The van der Waals surface area contributed by atoms with E-state index in [0.717, 1.165) is 41.5 Å². The van der Waals surface area contributed by atoms with Gasteiger partial charge in [0.1, 0.15) is 5.75 Å². The molecule has 0 fully saturated rings. The average Bonchev–Trinajstić information content (AvgIpc) is 2.91. The Labute approximate surface area is 100 Å². The quantitative estimate of drug-likeness (QED) is 0.832. The molecular weight excluding hydrogens is 214 g/mol. The van der Waals surface area contributed by atoms with Crippen LogP contribution < -0.4 is 10.1 Å². The number of hydrogen-bond acceptors (Lipinski definition) is 3. The zero-order valence-electron chi connectivity index (χ0n) is 10.0. The minimum atomic E-state index is 0.770. The molecule has 2 N–H and O–H groups in total. The predicted octanol–water partition coefficient (Wildman–Crippen LogP) is 2.71. The van der Waals surface area contributed by atoms with Crippen LogP contribution in [-0.4, -0.2) is 16.8 Å². The van der Waals surface area contributed by atoms with Crippen LogP contribution in [0.2, 0.25) is 0 Å². The van der Waals surface area contributed by atoms with Crippen molar-refractivity contribution in [2.45, 2.75) is 20.3 Å². The summed E-state index contributed by atoms with van der Waals surface area (Å²) >= 11 is 0. The van der Waals surface area contributed by atoms with Crippen molar-refractivity contribution in [2.24, 2.45) is 0 Å². The topological polar surface area (TPSA) is 49.9 Å². The van der Waals surface area contributed by atoms with E-state index in [4.69, 9.17) is 4.74 Å². The van der Waals surface area contributed by atoms with E-state index >= 15 is 0 Å². The van der Waals surface area contributed by atoms with Crippen LogP contribution in [0.4, 0.5) is 11.5 Å². The lowest BCUT2D eigenvalue weighted by atomic mass is 10.1. The number of aromatic amines is 1. The number of rotatable bonds is 2. The molecular formula is C13H15N3O. The summed E-state index contributed by atoms with van der Waals surface area (Å²) in [6, 6.07) is 6.08. The maximum Gasteiger partial charge on any atom is 0.155 e. The zero-order chi connectivity index (χ0) is 11.8. The molecule has 0 unspecified atom stereocenters. The van der Waals surface area contributed by atoms with E-state index in [1.54, 1.807) is 0 Å². The first-order chi connectivity index (χ1) is 8.25. The highest BCUT2D eigenvalue weighted by molar-refractivity contribution is 5.67. The van der Waals surface area contributed by atoms with Crippen molar-refractivity contribution in [2.75, 3.05) is 11.9 Å². The lowest BCUT2D eigenvalue weighted by Gasteiger charge is -2.08. The molecule has 1 aromatic carbocycles. The number of aryl methyl sites for hydroxylation is 1. The molecule has 0 saturated heterocycles. The summed E-state index contributed by atoms with van der Waals surface area (Å²) in [5, 5.41) is 10.6. The lowest BCUT2D eigenvalue weighted by molar-refractivity contribution is 0.357. The Morgan fingerprint density at radius 1 is 1.35 bits per heavy atom. The van der Waals surface area contributed by atoms with Gasteiger partial charge in [-0.05, 0) is 26.0 Å². The van der Waals surface area contributed by atoms with Gasteiger partial charge in [-0.15, -0.1) is 0 Å². The maximum absolute atomic E-state index is 5.54. The number of fused-ring (bicyclic) bond motifs is 1. The summed E-state index contributed by atoms with van der Waals surface area (Å²) in [4.78, 5) is 0. The number of nitrogens with one attached hydrogen (secondary N) is 2. The van der Waals surface area contributed by atoms with Gasteiger partial charge in [0.15, 0.2) is 5.82 Å². The van der Waals surface area contributed by atoms with Gasteiger partial charge in [0, 0.05) is 28.9 Å². The van der Waals surface area contributed by atoms with Gasteiger partial charge >= 0.3 is 0 Å². The Bertz CT molecular complexity index is 560. The predicted molar refractivity (Wildman–Crippen MR) is 67.0 cm³/mol. The van der Waals surface area contributed by atoms with Crippen molar-refractivity contribution in [1.29, 1.82) is 0 Å². The van der Waals surface area contributed by atoms with Gasteiger partial charge in [0.25, 0.3) is 0 Å². The highest BCUT2D eigenvalue weighted by atomic mass is 16.5. The molecule has 0 atom stereocenters. The van der Waals surface area contributed by atoms with Gasteiger partial charge in [-0.2, -0.15) is 5.10 Å². The second kappa shape index (κ2) is 3.80. The largest absolute Gasteiger partial charge is 0.493 e. The van der Waals surface area contributed by atoms with Crippen molar-refractivity contribution in [3.8, 4) is 5.75 Å². The molecule has 3 rings (SSSR count). The molecule has 2 heterocycles. The Hall–Kier alpha value is -1.97. The first kappa shape index (κ1) is 10.2. The van der Waals surface area contributed by atoms with Crippen LogP contribution in [0.3, 0.4) is 0 Å². The highest BCUT2D eigenvalue weighted by Gasteiger charge is 2.16. The van der Waals surface area contributed by atoms with Crippen LogP contribution in [0, 0.1) is 13.8 Å². The normalized spacial score (nSPS) is 13.3. The maximum atomic E-state index is 5.54. The number of anilines is 2. The molecule has 0 spiro atoms. The smallest absolute Gasteiger partial charge is 0.155 e. The molecule has 1 aliphatic heterocycles. The number of H-pyrrole nitrogens is 1. The van der Waals surface area contributed by atoms with Crippen LogP contribution in [0.1, 0.15) is 16.8 Å². The summed E-state index contributed by atoms with van der Waals surface area (Å²) in [6.45, 7) is 4.85. The first-order valence-corrected chi connectivity index (χ1v) is 5.79. The van der Waals surface area contributed by atoms with Crippen LogP contribution >= 0.6 is 0 Å². The molecule has 0 radical (unpaired) electrons. The van der Waals surface area contributed by atoms with E-state index in [1.165, 1.54) is 5.56 Å². The summed E-state index contributed by atoms with van der Waals surface area (Å²) < 4.78 is 5.54. The van der Waals surface area contributed by atoms with Crippen molar-refractivity contribution in [1.82, 2.24) is 10.2 Å². The van der Waals surface area contributed by atoms with Crippen molar-refractivity contribution in [3.05, 3.63) is 35.0 Å². The molecule has 4 heteroatoms. The first-order valence-electron chi connectivity index (χ1n) is 5.79. The van der Waals surface area contributed by atoms with Crippen molar-refractivity contribution < 1.29 is 4.74 Å². The minimum absolute atomic E-state index is 0.770. The third kappa shape index (κ3) is 1.65. The zero-order valence-corrected chi connectivity index (χ0v) is 10.0. The summed E-state index contributed by atoms with van der Waals surface area (Å²) in [7, 11) is 0. The van der Waals surface area contributed by atoms with E-state index in [2.05, 4.69) is 28.5 Å². The number of ether oxygens (including phenoxy) is 1. The van der Waals surface area contributed by atoms with E-state index in [9.17, 15) is 0 Å². The molecule has 0 amide bonds. The van der Waals surface area contributed by atoms with E-state index in [1.807, 2.05) is 19.1 Å². The van der Waals surface area contributed by atoms with Crippen LogP contribution in [0.15, 0.2) is 18.2 Å². The standard InChI is InChI=1S/C13H15N3O/c1-8-9(2)15-16-13(8)14-11-4-3-5-12-10(11)6-7-17-12/h3-5H,6-7H2,1-2H3,(H2,14,15,16). The second-order valence-electron chi connectivity index (χ2n) is 4.33. The van der Waals surface area contributed by atoms with Gasteiger partial charge in [0.05, 0.1) is 6.61 Å². The fourth-order valence-electron chi connectivity index (χ4n) is 2.07. The van der Waals surface area contributed by atoms with Crippen LogP contribution in [0.25, 0.3) is 0 Å². The number of aromatic nitrogens is 2. The SMILES string of the molecule is Cc1[nH]nc(Nc2cccc3c2CCO3)c1C. The fraction of sp³-hybridized carbons (Fsp3) is 0.308. The van der Waals surface area contributed by atoms with E-state index in [0.29, 0.717) is 0 Å². The molecule has 0 bridgehead atoms. The molecule has 1 aliphatic rings. The molecule has 1 aromatic heterocycles. The minimum Gasteiger partial charge on any atom is -0.493 e. The second-order valence-corrected chi connectivity index (χ2v) is 4.33. The monoisotopic (exact) mass is 229 g/mol. The Morgan fingerprint density at radius 2 is 2.24 bits per heavy atom. The number of benzene rings is 1. The Morgan fingerprint density at radius 3 is 3.00 bits per heavy atom. The third-order valence-corrected chi connectivity index (χ3v) is 3.25. The van der Waals surface area contributed by atoms with Gasteiger partial charge in [-0.25, -0.2) is 0 Å². The van der Waals surface area contributed by atoms with Crippen molar-refractivity contribution >= 4 is 11.5 Å². The van der Waals surface area contributed by atoms with Crippen molar-refractivity contribution in [3.63, 3.8) is 0 Å². The molecule has 4 nitrogen and oxygen atoms in total. The molecule has 0 aliphatic carbocycles. The number of hydrogen-bond donors (Lipinski definition) is 2. The van der Waals surface area contributed by atoms with E-state index < -0.39 is 0 Å². The van der Waals surface area contributed by atoms with E-state index in [-0.39, 0.29) is 0 Å². The fourth-order valence-corrected chi connectivity index (χ4v) is 2.07.